The fourth-order valence-electron chi connectivity index (χ4n) is 1.65. The number of carbonyl (C=O) groups excluding carboxylic acids is 2. The van der Waals surface area contributed by atoms with Crippen LogP contribution in [0.4, 0.5) is 9.18 Å². The van der Waals surface area contributed by atoms with Crippen LogP contribution < -0.4 is 10.6 Å². The predicted octanol–water partition coefficient (Wildman–Crippen LogP) is 1.19. The minimum atomic E-state index is -1.45. The fraction of sp³-hybridized carbons (Fsp3) is 0.200. The Balaban J connectivity index is 2.58. The molecule has 3 amide bonds. The van der Waals surface area contributed by atoms with Gasteiger partial charge in [-0.2, -0.15) is 0 Å². The second-order valence-electron chi connectivity index (χ2n) is 3.82. The Labute approximate surface area is 110 Å². The summed E-state index contributed by atoms with van der Waals surface area (Å²) in [6.45, 7) is 1.40. The second kappa shape index (κ2) is 3.83. The van der Waals surface area contributed by atoms with Crippen LogP contribution in [-0.4, -0.2) is 17.0 Å². The van der Waals surface area contributed by atoms with E-state index in [1.54, 1.807) is 0 Å². The molecule has 1 fully saturated rings. The third-order valence-electron chi connectivity index (χ3n) is 2.62. The molecule has 1 aromatic carbocycles. The van der Waals surface area contributed by atoms with E-state index >= 15 is 0 Å². The number of hydrogen-bond donors (Lipinski definition) is 3. The maximum atomic E-state index is 13.7. The van der Waals surface area contributed by atoms with Crippen LogP contribution in [0.2, 0.25) is 0 Å². The molecule has 0 saturated carbocycles. The number of imide groups is 1. The Hall–Kier alpha value is -1.38. The highest BCUT2D eigenvalue weighted by atomic mass is 127. The first kappa shape index (κ1) is 12.1. The van der Waals surface area contributed by atoms with E-state index in [9.17, 15) is 19.1 Å². The lowest BCUT2D eigenvalue weighted by molar-refractivity contribution is -0.123. The number of benzene rings is 1. The van der Waals surface area contributed by atoms with Crippen molar-refractivity contribution in [2.24, 2.45) is 0 Å². The van der Waals surface area contributed by atoms with Crippen molar-refractivity contribution in [3.8, 4) is 5.75 Å². The van der Waals surface area contributed by atoms with Gasteiger partial charge in [-0.1, -0.05) is 0 Å². The van der Waals surface area contributed by atoms with E-state index in [0.717, 1.165) is 6.07 Å². The Morgan fingerprint density at radius 1 is 1.41 bits per heavy atom. The molecular weight excluding hydrogens is 342 g/mol. The van der Waals surface area contributed by atoms with Crippen molar-refractivity contribution in [2.75, 3.05) is 0 Å². The zero-order valence-corrected chi connectivity index (χ0v) is 10.8. The SMILES string of the molecule is CC1(c2cc(I)c(O)cc2F)NC(=O)NC1=O. The minimum absolute atomic E-state index is 0.0167. The molecule has 90 valence electrons. The zero-order chi connectivity index (χ0) is 12.8. The number of amides is 3. The molecule has 0 radical (unpaired) electrons. The van der Waals surface area contributed by atoms with Gasteiger partial charge in [-0.25, -0.2) is 9.18 Å². The van der Waals surface area contributed by atoms with Crippen molar-refractivity contribution in [1.82, 2.24) is 10.6 Å². The smallest absolute Gasteiger partial charge is 0.322 e. The summed E-state index contributed by atoms with van der Waals surface area (Å²) in [6, 6.07) is 1.58. The van der Waals surface area contributed by atoms with Gasteiger partial charge in [0.2, 0.25) is 0 Å². The molecule has 3 N–H and O–H groups in total. The predicted molar refractivity (Wildman–Crippen MR) is 64.8 cm³/mol. The molecule has 1 aliphatic heterocycles. The van der Waals surface area contributed by atoms with E-state index in [-0.39, 0.29) is 11.3 Å². The molecule has 0 spiro atoms. The number of phenolic OH excluding ortho intramolecular Hbond substituents is 1. The summed E-state index contributed by atoms with van der Waals surface area (Å²) in [4.78, 5) is 22.7. The number of carbonyl (C=O) groups is 2. The first-order valence-electron chi connectivity index (χ1n) is 4.66. The van der Waals surface area contributed by atoms with E-state index in [1.165, 1.54) is 13.0 Å². The largest absolute Gasteiger partial charge is 0.507 e. The molecule has 1 saturated heterocycles. The van der Waals surface area contributed by atoms with Gasteiger partial charge >= 0.3 is 6.03 Å². The summed E-state index contributed by atoms with van der Waals surface area (Å²) in [7, 11) is 0. The third-order valence-corrected chi connectivity index (χ3v) is 3.48. The number of aromatic hydroxyl groups is 1. The molecule has 1 unspecified atom stereocenters. The van der Waals surface area contributed by atoms with Gasteiger partial charge in [-0.15, -0.1) is 0 Å². The molecule has 1 aliphatic rings. The van der Waals surface area contributed by atoms with Gasteiger partial charge in [-0.3, -0.25) is 10.1 Å². The molecule has 1 aromatic rings. The lowest BCUT2D eigenvalue weighted by atomic mass is 9.92. The van der Waals surface area contributed by atoms with Crippen molar-refractivity contribution < 1.29 is 19.1 Å². The average molecular weight is 350 g/mol. The number of halogens is 2. The molecule has 17 heavy (non-hydrogen) atoms. The standard InChI is InChI=1S/C10H8FIN2O3/c1-10(8(16)13-9(17)14-10)4-2-6(12)7(15)3-5(4)11/h2-3,15H,1H3,(H2,13,14,16,17). The van der Waals surface area contributed by atoms with Crippen LogP contribution in [0.3, 0.4) is 0 Å². The number of nitrogens with one attached hydrogen (secondary N) is 2. The summed E-state index contributed by atoms with van der Waals surface area (Å²) >= 11 is 1.81. The lowest BCUT2D eigenvalue weighted by Gasteiger charge is -2.22. The highest BCUT2D eigenvalue weighted by molar-refractivity contribution is 14.1. The minimum Gasteiger partial charge on any atom is -0.507 e. The van der Waals surface area contributed by atoms with Gasteiger partial charge < -0.3 is 10.4 Å². The van der Waals surface area contributed by atoms with Crippen LogP contribution in [0.5, 0.6) is 5.75 Å². The molecule has 7 heteroatoms. The van der Waals surface area contributed by atoms with E-state index in [0.29, 0.717) is 3.57 Å². The highest BCUT2D eigenvalue weighted by Crippen LogP contribution is 2.31. The molecule has 1 heterocycles. The van der Waals surface area contributed by atoms with Gasteiger partial charge in [-0.05, 0) is 35.6 Å². The van der Waals surface area contributed by atoms with Gasteiger partial charge in [0.05, 0.1) is 3.57 Å². The number of rotatable bonds is 1. The van der Waals surface area contributed by atoms with Gasteiger partial charge in [0.25, 0.3) is 5.91 Å². The van der Waals surface area contributed by atoms with Crippen molar-refractivity contribution in [1.29, 1.82) is 0 Å². The van der Waals surface area contributed by atoms with Gasteiger partial charge in [0.15, 0.2) is 0 Å². The molecule has 1 atom stereocenters. The molecule has 2 rings (SSSR count). The number of urea groups is 1. The lowest BCUT2D eigenvalue weighted by Crippen LogP contribution is -2.41. The summed E-state index contributed by atoms with van der Waals surface area (Å²) in [6.07, 6.45) is 0. The topological polar surface area (TPSA) is 78.4 Å². The Morgan fingerprint density at radius 3 is 2.59 bits per heavy atom. The molecule has 5 nitrogen and oxygen atoms in total. The van der Waals surface area contributed by atoms with Crippen LogP contribution in [-0.2, 0) is 10.3 Å². The van der Waals surface area contributed by atoms with Crippen LogP contribution >= 0.6 is 22.6 Å². The maximum Gasteiger partial charge on any atom is 0.322 e. The summed E-state index contributed by atoms with van der Waals surface area (Å²) in [5.41, 5.74) is -1.43. The second-order valence-corrected chi connectivity index (χ2v) is 4.98. The Bertz CT molecular complexity index is 535. The van der Waals surface area contributed by atoms with Crippen molar-refractivity contribution in [3.05, 3.63) is 27.1 Å². The van der Waals surface area contributed by atoms with E-state index in [2.05, 4.69) is 5.32 Å². The molecule has 0 bridgehead atoms. The first-order valence-corrected chi connectivity index (χ1v) is 5.74. The Kier molecular flexibility index (Phi) is 2.72. The van der Waals surface area contributed by atoms with Crippen LogP contribution in [0.15, 0.2) is 12.1 Å². The normalized spacial score (nSPS) is 23.5. The summed E-state index contributed by atoms with van der Waals surface area (Å²) < 4.78 is 14.1. The van der Waals surface area contributed by atoms with Crippen LogP contribution in [0, 0.1) is 9.39 Å². The fourth-order valence-corrected chi connectivity index (χ4v) is 2.12. The van der Waals surface area contributed by atoms with Crippen molar-refractivity contribution in [3.63, 3.8) is 0 Å². The van der Waals surface area contributed by atoms with E-state index in [1.807, 2.05) is 27.9 Å². The maximum absolute atomic E-state index is 13.7. The van der Waals surface area contributed by atoms with E-state index in [4.69, 9.17) is 0 Å². The summed E-state index contributed by atoms with van der Waals surface area (Å²) in [5, 5.41) is 13.7. The molecule has 0 aromatic heterocycles. The zero-order valence-electron chi connectivity index (χ0n) is 8.67. The Morgan fingerprint density at radius 2 is 2.06 bits per heavy atom. The molecule has 0 aliphatic carbocycles. The monoisotopic (exact) mass is 350 g/mol. The van der Waals surface area contributed by atoms with Crippen molar-refractivity contribution >= 4 is 34.5 Å². The van der Waals surface area contributed by atoms with Crippen LogP contribution in [0.1, 0.15) is 12.5 Å². The van der Waals surface area contributed by atoms with Crippen LogP contribution in [0.25, 0.3) is 0 Å². The van der Waals surface area contributed by atoms with E-state index < -0.39 is 23.3 Å². The van der Waals surface area contributed by atoms with Gasteiger partial charge in [0.1, 0.15) is 17.1 Å². The highest BCUT2D eigenvalue weighted by Gasteiger charge is 2.45. The summed E-state index contributed by atoms with van der Waals surface area (Å²) in [5.74, 6) is -1.58. The number of hydrogen-bond acceptors (Lipinski definition) is 3. The van der Waals surface area contributed by atoms with Crippen molar-refractivity contribution in [2.45, 2.75) is 12.5 Å². The third kappa shape index (κ3) is 1.84. The van der Waals surface area contributed by atoms with Gasteiger partial charge in [0, 0.05) is 11.6 Å². The molecular formula is C10H8FIN2O3. The number of phenols is 1. The first-order chi connectivity index (χ1) is 7.84. The quantitative estimate of drug-likeness (QED) is 0.526. The average Bonchev–Trinajstić information content (AvgIpc) is 2.47.